The van der Waals surface area contributed by atoms with E-state index in [2.05, 4.69) is 36.1 Å². The Balaban J connectivity index is 2.05. The molecule has 1 amide bonds. The SMILES string of the molecule is CCN(CC)[C@H](C)CNC(=O)c1ccc(=O)n(Cc2ccccc2)n1. The van der Waals surface area contributed by atoms with E-state index in [1.807, 2.05) is 30.3 Å². The molecular weight excluding hydrogens is 316 g/mol. The minimum absolute atomic E-state index is 0.225. The first-order chi connectivity index (χ1) is 12.0. The smallest absolute Gasteiger partial charge is 0.271 e. The van der Waals surface area contributed by atoms with Crippen LogP contribution in [-0.2, 0) is 6.54 Å². The van der Waals surface area contributed by atoms with Crippen molar-refractivity contribution in [3.8, 4) is 0 Å². The lowest BCUT2D eigenvalue weighted by Crippen LogP contribution is -2.42. The van der Waals surface area contributed by atoms with Crippen LogP contribution in [0.1, 0.15) is 36.8 Å². The first kappa shape index (κ1) is 18.9. The van der Waals surface area contributed by atoms with Crippen molar-refractivity contribution in [1.82, 2.24) is 20.0 Å². The summed E-state index contributed by atoms with van der Waals surface area (Å²) >= 11 is 0. The van der Waals surface area contributed by atoms with Crippen molar-refractivity contribution in [2.75, 3.05) is 19.6 Å². The molecule has 1 aromatic heterocycles. The largest absolute Gasteiger partial charge is 0.349 e. The number of amides is 1. The summed E-state index contributed by atoms with van der Waals surface area (Å²) in [6.45, 7) is 9.04. The van der Waals surface area contributed by atoms with Gasteiger partial charge in [0, 0.05) is 18.7 Å². The minimum Gasteiger partial charge on any atom is -0.349 e. The van der Waals surface area contributed by atoms with Gasteiger partial charge < -0.3 is 5.32 Å². The molecule has 0 unspecified atom stereocenters. The van der Waals surface area contributed by atoms with Gasteiger partial charge in [0.05, 0.1) is 6.54 Å². The number of rotatable bonds is 8. The maximum atomic E-state index is 12.4. The van der Waals surface area contributed by atoms with Gasteiger partial charge in [-0.25, -0.2) is 4.68 Å². The number of hydrogen-bond acceptors (Lipinski definition) is 4. The summed E-state index contributed by atoms with van der Waals surface area (Å²) in [5.74, 6) is -0.263. The summed E-state index contributed by atoms with van der Waals surface area (Å²) < 4.78 is 1.32. The van der Waals surface area contributed by atoms with Crippen LogP contribution in [0.3, 0.4) is 0 Å². The Bertz CT molecular complexity index is 739. The number of carbonyl (C=O) groups excluding carboxylic acids is 1. The van der Waals surface area contributed by atoms with Crippen molar-refractivity contribution in [2.45, 2.75) is 33.4 Å². The molecule has 0 saturated heterocycles. The van der Waals surface area contributed by atoms with Crippen molar-refractivity contribution < 1.29 is 4.79 Å². The summed E-state index contributed by atoms with van der Waals surface area (Å²) in [7, 11) is 0. The molecule has 25 heavy (non-hydrogen) atoms. The standard InChI is InChI=1S/C19H26N4O2/c1-4-22(5-2)15(3)13-20-19(25)17-11-12-18(24)23(21-17)14-16-9-7-6-8-10-16/h6-12,15H,4-5,13-14H2,1-3H3,(H,20,25)/t15-/m1/s1. The normalized spacial score (nSPS) is 12.2. The van der Waals surface area contributed by atoms with E-state index < -0.39 is 0 Å². The van der Waals surface area contributed by atoms with E-state index >= 15 is 0 Å². The van der Waals surface area contributed by atoms with Crippen molar-refractivity contribution in [2.24, 2.45) is 0 Å². The zero-order chi connectivity index (χ0) is 18.2. The fraction of sp³-hybridized carbons (Fsp3) is 0.421. The van der Waals surface area contributed by atoms with E-state index in [0.717, 1.165) is 18.7 Å². The fourth-order valence-corrected chi connectivity index (χ4v) is 2.75. The molecule has 1 heterocycles. The number of nitrogens with one attached hydrogen (secondary N) is 1. The summed E-state index contributed by atoms with van der Waals surface area (Å²) in [6, 6.07) is 12.7. The topological polar surface area (TPSA) is 67.2 Å². The molecule has 0 spiro atoms. The summed E-state index contributed by atoms with van der Waals surface area (Å²) in [6.07, 6.45) is 0. The zero-order valence-corrected chi connectivity index (χ0v) is 15.1. The van der Waals surface area contributed by atoms with Crippen LogP contribution in [0, 0.1) is 0 Å². The van der Waals surface area contributed by atoms with E-state index in [9.17, 15) is 9.59 Å². The number of benzene rings is 1. The molecule has 0 fully saturated rings. The molecule has 0 saturated carbocycles. The lowest BCUT2D eigenvalue weighted by molar-refractivity contribution is 0.0930. The monoisotopic (exact) mass is 342 g/mol. The molecular formula is C19H26N4O2. The Labute approximate surface area is 148 Å². The second-order valence-corrected chi connectivity index (χ2v) is 5.98. The van der Waals surface area contributed by atoms with Crippen molar-refractivity contribution in [3.63, 3.8) is 0 Å². The number of likely N-dealkylation sites (N-methyl/N-ethyl adjacent to an activating group) is 1. The minimum atomic E-state index is -0.263. The van der Waals surface area contributed by atoms with Gasteiger partial charge in [-0.3, -0.25) is 14.5 Å². The van der Waals surface area contributed by atoms with Crippen LogP contribution in [0.5, 0.6) is 0 Å². The van der Waals surface area contributed by atoms with E-state index in [1.165, 1.54) is 16.8 Å². The van der Waals surface area contributed by atoms with Crippen molar-refractivity contribution in [1.29, 1.82) is 0 Å². The number of hydrogen-bond donors (Lipinski definition) is 1. The quantitative estimate of drug-likeness (QED) is 0.794. The van der Waals surface area contributed by atoms with Gasteiger partial charge in [0.2, 0.25) is 0 Å². The molecule has 1 atom stereocenters. The Hall–Kier alpha value is -2.47. The van der Waals surface area contributed by atoms with Crippen LogP contribution in [0.4, 0.5) is 0 Å². The van der Waals surface area contributed by atoms with Gasteiger partial charge in [0.1, 0.15) is 5.69 Å². The third kappa shape index (κ3) is 5.26. The molecule has 0 bridgehead atoms. The van der Waals surface area contributed by atoms with Crippen LogP contribution in [-0.4, -0.2) is 46.3 Å². The molecule has 1 aromatic carbocycles. The molecule has 6 heteroatoms. The first-order valence-corrected chi connectivity index (χ1v) is 8.69. The maximum Gasteiger partial charge on any atom is 0.271 e. The van der Waals surface area contributed by atoms with Gasteiger partial charge in [-0.05, 0) is 31.6 Å². The molecule has 0 radical (unpaired) electrons. The van der Waals surface area contributed by atoms with Crippen LogP contribution in [0.15, 0.2) is 47.3 Å². The average molecular weight is 342 g/mol. The van der Waals surface area contributed by atoms with Gasteiger partial charge in [-0.1, -0.05) is 44.2 Å². The predicted molar refractivity (Wildman–Crippen MR) is 98.8 cm³/mol. The van der Waals surface area contributed by atoms with E-state index in [0.29, 0.717) is 13.1 Å². The zero-order valence-electron chi connectivity index (χ0n) is 15.1. The van der Waals surface area contributed by atoms with E-state index in [-0.39, 0.29) is 23.2 Å². The molecule has 2 rings (SSSR count). The van der Waals surface area contributed by atoms with Gasteiger partial charge in [-0.2, -0.15) is 5.10 Å². The molecule has 6 nitrogen and oxygen atoms in total. The van der Waals surface area contributed by atoms with Gasteiger partial charge in [-0.15, -0.1) is 0 Å². The highest BCUT2D eigenvalue weighted by atomic mass is 16.2. The Morgan fingerprint density at radius 3 is 2.48 bits per heavy atom. The maximum absolute atomic E-state index is 12.4. The highest BCUT2D eigenvalue weighted by Crippen LogP contribution is 2.01. The number of carbonyl (C=O) groups is 1. The summed E-state index contributed by atoms with van der Waals surface area (Å²) in [5.41, 5.74) is 0.990. The van der Waals surface area contributed by atoms with E-state index in [4.69, 9.17) is 0 Å². The number of aromatic nitrogens is 2. The lowest BCUT2D eigenvalue weighted by Gasteiger charge is -2.26. The summed E-state index contributed by atoms with van der Waals surface area (Å²) in [4.78, 5) is 26.6. The fourth-order valence-electron chi connectivity index (χ4n) is 2.75. The highest BCUT2D eigenvalue weighted by Gasteiger charge is 2.14. The second kappa shape index (κ2) is 9.13. The highest BCUT2D eigenvalue weighted by molar-refractivity contribution is 5.92. The predicted octanol–water partition coefficient (Wildman–Crippen LogP) is 1.75. The van der Waals surface area contributed by atoms with Crippen LogP contribution in [0.25, 0.3) is 0 Å². The third-order valence-corrected chi connectivity index (χ3v) is 4.27. The first-order valence-electron chi connectivity index (χ1n) is 8.69. The third-order valence-electron chi connectivity index (χ3n) is 4.27. The summed E-state index contributed by atoms with van der Waals surface area (Å²) in [5, 5.41) is 7.11. The Morgan fingerprint density at radius 2 is 1.84 bits per heavy atom. The van der Waals surface area contributed by atoms with Crippen LogP contribution in [0.2, 0.25) is 0 Å². The van der Waals surface area contributed by atoms with Crippen molar-refractivity contribution >= 4 is 5.91 Å². The van der Waals surface area contributed by atoms with Gasteiger partial charge in [0.25, 0.3) is 11.5 Å². The average Bonchev–Trinajstić information content (AvgIpc) is 2.63. The second-order valence-electron chi connectivity index (χ2n) is 5.98. The Morgan fingerprint density at radius 1 is 1.16 bits per heavy atom. The van der Waals surface area contributed by atoms with Gasteiger partial charge in [0.15, 0.2) is 0 Å². The van der Waals surface area contributed by atoms with Gasteiger partial charge >= 0.3 is 0 Å². The van der Waals surface area contributed by atoms with E-state index in [1.54, 1.807) is 0 Å². The van der Waals surface area contributed by atoms with Crippen LogP contribution < -0.4 is 10.9 Å². The van der Waals surface area contributed by atoms with Crippen LogP contribution >= 0.6 is 0 Å². The lowest BCUT2D eigenvalue weighted by atomic mass is 10.2. The molecule has 2 aromatic rings. The molecule has 0 aliphatic rings. The molecule has 0 aliphatic heterocycles. The molecule has 134 valence electrons. The molecule has 0 aliphatic carbocycles. The Kier molecular flexibility index (Phi) is 6.89. The van der Waals surface area contributed by atoms with Crippen molar-refractivity contribution in [3.05, 3.63) is 64.1 Å². The number of nitrogens with zero attached hydrogens (tertiary/aromatic N) is 3. The molecule has 1 N–H and O–H groups in total.